The second-order valence-corrected chi connectivity index (χ2v) is 12.0. The first kappa shape index (κ1) is 25.5. The SMILES string of the molecule is CCCN1C(=O)[C@H]2[C@H](CC=C3[C@H]2C[C@@]2(Cl)C(=O)N(C)C(=O)[C@@]2(Cl)[C@H]3c2cc(Br)c(O)c(OC)c2)C1=O. The third kappa shape index (κ3) is 3.05. The van der Waals surface area contributed by atoms with Crippen LogP contribution in [0, 0.1) is 17.8 Å². The lowest BCUT2D eigenvalue weighted by atomic mass is 9.56. The lowest BCUT2D eigenvalue weighted by Crippen LogP contribution is -2.60. The molecule has 1 aromatic rings. The number of hydrogen-bond acceptors (Lipinski definition) is 6. The van der Waals surface area contributed by atoms with Crippen molar-refractivity contribution in [1.29, 1.82) is 0 Å². The highest BCUT2D eigenvalue weighted by atomic mass is 79.9. The summed E-state index contributed by atoms with van der Waals surface area (Å²) in [5.41, 5.74) is 1.18. The first-order valence-corrected chi connectivity index (χ1v) is 13.3. The maximum atomic E-state index is 13.6. The minimum Gasteiger partial charge on any atom is -0.503 e. The van der Waals surface area contributed by atoms with E-state index in [-0.39, 0.29) is 29.7 Å². The number of rotatable bonds is 4. The number of amides is 4. The Bertz CT molecular complexity index is 1250. The third-order valence-electron chi connectivity index (χ3n) is 8.16. The average molecular weight is 600 g/mol. The predicted octanol–water partition coefficient (Wildman–Crippen LogP) is 3.56. The van der Waals surface area contributed by atoms with E-state index in [9.17, 15) is 24.3 Å². The van der Waals surface area contributed by atoms with Crippen molar-refractivity contribution in [3.05, 3.63) is 33.8 Å². The summed E-state index contributed by atoms with van der Waals surface area (Å²) in [7, 11) is 2.74. The maximum Gasteiger partial charge on any atom is 0.253 e. The van der Waals surface area contributed by atoms with Gasteiger partial charge in [0.15, 0.2) is 21.2 Å². The van der Waals surface area contributed by atoms with E-state index in [4.69, 9.17) is 27.9 Å². The molecule has 3 fully saturated rings. The molecule has 2 aliphatic heterocycles. The number of aromatic hydroxyl groups is 1. The zero-order chi connectivity index (χ0) is 26.3. The van der Waals surface area contributed by atoms with Crippen molar-refractivity contribution in [3.8, 4) is 11.5 Å². The molecule has 5 rings (SSSR count). The first-order valence-electron chi connectivity index (χ1n) is 11.8. The van der Waals surface area contributed by atoms with Gasteiger partial charge in [-0.1, -0.05) is 18.6 Å². The Labute approximate surface area is 226 Å². The van der Waals surface area contributed by atoms with Crippen molar-refractivity contribution in [1.82, 2.24) is 9.80 Å². The second-order valence-electron chi connectivity index (χ2n) is 9.88. The highest BCUT2D eigenvalue weighted by Gasteiger charge is 2.75. The van der Waals surface area contributed by atoms with Gasteiger partial charge in [-0.2, -0.15) is 0 Å². The van der Waals surface area contributed by atoms with Gasteiger partial charge in [0.2, 0.25) is 11.8 Å². The van der Waals surface area contributed by atoms with Gasteiger partial charge in [0, 0.05) is 19.5 Å². The number of ether oxygens (including phenoxy) is 1. The Hall–Kier alpha value is -2.10. The number of fused-ring (bicyclic) bond motifs is 4. The summed E-state index contributed by atoms with van der Waals surface area (Å²) in [6, 6.07) is 3.17. The number of likely N-dealkylation sites (tertiary alicyclic amines) is 2. The number of alkyl halides is 2. The van der Waals surface area contributed by atoms with Gasteiger partial charge >= 0.3 is 0 Å². The molecule has 6 atom stereocenters. The summed E-state index contributed by atoms with van der Waals surface area (Å²) in [5, 5.41) is 10.4. The van der Waals surface area contributed by atoms with Crippen LogP contribution in [0.5, 0.6) is 11.5 Å². The standard InChI is InChI=1S/C25H25BrCl2N2O6/c1-4-7-30-20(32)13-6-5-12-14(17(13)21(30)33)10-24(27)22(34)29(2)23(35)25(24,28)18(12)11-8-15(26)19(31)16(9-11)36-3/h5,8-9,13-14,17-18,31H,4,6-7,10H2,1-3H3/t13-,14+,17-,18-,24+,25-/m0/s1. The molecule has 4 amide bonds. The van der Waals surface area contributed by atoms with Gasteiger partial charge in [-0.25, -0.2) is 0 Å². The van der Waals surface area contributed by atoms with Crippen LogP contribution in [0.15, 0.2) is 28.3 Å². The first-order chi connectivity index (χ1) is 16.9. The Morgan fingerprint density at radius 3 is 2.47 bits per heavy atom. The summed E-state index contributed by atoms with van der Waals surface area (Å²) in [4.78, 5) is 52.1. The molecule has 1 saturated carbocycles. The number of benzene rings is 1. The fraction of sp³-hybridized carbons (Fsp3) is 0.520. The Morgan fingerprint density at radius 2 is 1.83 bits per heavy atom. The van der Waals surface area contributed by atoms with Gasteiger partial charge in [0.1, 0.15) is 0 Å². The Morgan fingerprint density at radius 1 is 1.14 bits per heavy atom. The number of phenols is 1. The van der Waals surface area contributed by atoms with Gasteiger partial charge in [0.05, 0.1) is 23.4 Å². The molecule has 2 saturated heterocycles. The number of hydrogen-bond donors (Lipinski definition) is 1. The maximum absolute atomic E-state index is 13.6. The van der Waals surface area contributed by atoms with Crippen LogP contribution in [0.2, 0.25) is 0 Å². The molecular formula is C25H25BrCl2N2O6. The van der Waals surface area contributed by atoms with Crippen molar-refractivity contribution < 1.29 is 29.0 Å². The van der Waals surface area contributed by atoms with E-state index in [0.29, 0.717) is 35.0 Å². The van der Waals surface area contributed by atoms with Crippen LogP contribution in [-0.4, -0.2) is 69.0 Å². The largest absolute Gasteiger partial charge is 0.503 e. The quantitative estimate of drug-likeness (QED) is 0.322. The molecule has 1 aromatic carbocycles. The lowest BCUT2D eigenvalue weighted by Gasteiger charge is -2.50. The van der Waals surface area contributed by atoms with E-state index in [0.717, 1.165) is 4.90 Å². The second kappa shape index (κ2) is 8.46. The molecule has 0 aromatic heterocycles. The normalized spacial score (nSPS) is 35.6. The molecule has 0 unspecified atom stereocenters. The zero-order valence-electron chi connectivity index (χ0n) is 19.9. The average Bonchev–Trinajstić information content (AvgIpc) is 3.16. The van der Waals surface area contributed by atoms with Crippen molar-refractivity contribution in [3.63, 3.8) is 0 Å². The van der Waals surface area contributed by atoms with Gasteiger partial charge in [0.25, 0.3) is 11.8 Å². The number of nitrogens with zero attached hydrogens (tertiary/aromatic N) is 2. The van der Waals surface area contributed by atoms with Crippen LogP contribution in [0.1, 0.15) is 37.7 Å². The number of carbonyl (C=O) groups is 4. The van der Waals surface area contributed by atoms with Crippen molar-refractivity contribution in [2.75, 3.05) is 20.7 Å². The third-order valence-corrected chi connectivity index (χ3v) is 10.2. The van der Waals surface area contributed by atoms with E-state index >= 15 is 0 Å². The fourth-order valence-corrected chi connectivity index (χ4v) is 8.02. The molecule has 2 heterocycles. The summed E-state index contributed by atoms with van der Waals surface area (Å²) in [6.07, 6.45) is 2.77. The molecule has 1 N–H and O–H groups in total. The molecule has 0 bridgehead atoms. The smallest absolute Gasteiger partial charge is 0.253 e. The molecular weight excluding hydrogens is 575 g/mol. The predicted molar refractivity (Wildman–Crippen MR) is 135 cm³/mol. The molecule has 192 valence electrons. The number of methoxy groups -OCH3 is 1. The van der Waals surface area contributed by atoms with Gasteiger partial charge in [-0.05, 0) is 58.8 Å². The van der Waals surface area contributed by atoms with Gasteiger partial charge < -0.3 is 9.84 Å². The number of phenolic OH excluding ortho intramolecular Hbond substituents is 1. The van der Waals surface area contributed by atoms with Crippen molar-refractivity contribution in [2.45, 2.75) is 41.9 Å². The van der Waals surface area contributed by atoms with Crippen molar-refractivity contribution in [2.24, 2.45) is 17.8 Å². The van der Waals surface area contributed by atoms with Crippen LogP contribution in [0.4, 0.5) is 0 Å². The minimum atomic E-state index is -1.88. The number of halogens is 3. The number of imide groups is 2. The Balaban J connectivity index is 1.74. The summed E-state index contributed by atoms with van der Waals surface area (Å²) in [5.74, 6) is -4.49. The molecule has 0 spiro atoms. The molecule has 2 aliphatic carbocycles. The van der Waals surface area contributed by atoms with E-state index < -0.39 is 45.2 Å². The topological polar surface area (TPSA) is 104 Å². The summed E-state index contributed by atoms with van der Waals surface area (Å²) >= 11 is 17.6. The highest BCUT2D eigenvalue weighted by Crippen LogP contribution is 2.65. The van der Waals surface area contributed by atoms with Gasteiger partial charge in [-0.15, -0.1) is 23.2 Å². The van der Waals surface area contributed by atoms with E-state index in [1.54, 1.807) is 12.1 Å². The van der Waals surface area contributed by atoms with Crippen LogP contribution in [-0.2, 0) is 19.2 Å². The van der Waals surface area contributed by atoms with E-state index in [1.807, 2.05) is 13.0 Å². The lowest BCUT2D eigenvalue weighted by molar-refractivity contribution is -0.141. The summed E-state index contributed by atoms with van der Waals surface area (Å²) in [6.45, 7) is 2.22. The minimum absolute atomic E-state index is 0.0498. The van der Waals surface area contributed by atoms with E-state index in [1.165, 1.54) is 19.1 Å². The van der Waals surface area contributed by atoms with Crippen LogP contribution in [0.3, 0.4) is 0 Å². The van der Waals surface area contributed by atoms with Crippen molar-refractivity contribution >= 4 is 62.8 Å². The molecule has 8 nitrogen and oxygen atoms in total. The molecule has 4 aliphatic rings. The number of allylic oxidation sites excluding steroid dienone is 2. The zero-order valence-corrected chi connectivity index (χ0v) is 23.0. The molecule has 36 heavy (non-hydrogen) atoms. The van der Waals surface area contributed by atoms with Crippen LogP contribution >= 0.6 is 39.1 Å². The highest BCUT2D eigenvalue weighted by molar-refractivity contribution is 9.10. The van der Waals surface area contributed by atoms with Crippen LogP contribution < -0.4 is 4.74 Å². The molecule has 11 heteroatoms. The fourth-order valence-electron chi connectivity index (χ4n) is 6.54. The Kier molecular flexibility index (Phi) is 6.00. The summed E-state index contributed by atoms with van der Waals surface area (Å²) < 4.78 is 5.64. The monoisotopic (exact) mass is 598 g/mol. The molecule has 0 radical (unpaired) electrons. The number of carbonyl (C=O) groups excluding carboxylic acids is 4. The van der Waals surface area contributed by atoms with Crippen LogP contribution in [0.25, 0.3) is 0 Å². The van der Waals surface area contributed by atoms with E-state index in [2.05, 4.69) is 15.9 Å². The van der Waals surface area contributed by atoms with Gasteiger partial charge in [-0.3, -0.25) is 29.0 Å².